The second-order valence-electron chi connectivity index (χ2n) is 6.81. The third-order valence-corrected chi connectivity index (χ3v) is 3.54. The average Bonchev–Trinajstić information content (AvgIpc) is 2.91. The molecule has 0 saturated carbocycles. The summed E-state index contributed by atoms with van der Waals surface area (Å²) in [4.78, 5) is 26.0. The Bertz CT molecular complexity index is 616. The molecule has 1 aliphatic heterocycles. The highest BCUT2D eigenvalue weighted by Crippen LogP contribution is 2.26. The van der Waals surface area contributed by atoms with Crippen molar-refractivity contribution < 1.29 is 19.1 Å². The number of carbonyl (C=O) groups is 2. The zero-order valence-electron chi connectivity index (χ0n) is 14.7. The molecule has 0 radical (unpaired) electrons. The van der Waals surface area contributed by atoms with E-state index in [9.17, 15) is 9.59 Å². The minimum absolute atomic E-state index is 0.0549. The lowest BCUT2D eigenvalue weighted by molar-refractivity contribution is -0.140. The first kappa shape index (κ1) is 18.0. The summed E-state index contributed by atoms with van der Waals surface area (Å²) in [6.45, 7) is 7.83. The predicted octanol–water partition coefficient (Wildman–Crippen LogP) is 3.54. The van der Waals surface area contributed by atoms with Gasteiger partial charge < -0.3 is 9.47 Å². The lowest BCUT2D eigenvalue weighted by Crippen LogP contribution is -2.38. The molecule has 0 unspecified atom stereocenters. The summed E-state index contributed by atoms with van der Waals surface area (Å²) in [6.07, 6.45) is 2.05. The first-order valence-corrected chi connectivity index (χ1v) is 8.23. The van der Waals surface area contributed by atoms with E-state index >= 15 is 0 Å². The Morgan fingerprint density at radius 1 is 1.21 bits per heavy atom. The minimum Gasteiger partial charge on any atom is -0.461 e. The van der Waals surface area contributed by atoms with Gasteiger partial charge >= 0.3 is 12.1 Å². The van der Waals surface area contributed by atoms with Crippen LogP contribution in [0.1, 0.15) is 33.3 Å². The van der Waals surface area contributed by atoms with Crippen LogP contribution in [0.15, 0.2) is 42.1 Å². The molecule has 1 heterocycles. The summed E-state index contributed by atoms with van der Waals surface area (Å²) < 4.78 is 10.5. The molecular formula is C19H25NO4. The molecule has 0 spiro atoms. The van der Waals surface area contributed by atoms with Gasteiger partial charge in [0.05, 0.1) is 6.61 Å². The largest absolute Gasteiger partial charge is 0.461 e. The van der Waals surface area contributed by atoms with Gasteiger partial charge in [0, 0.05) is 12.5 Å². The van der Waals surface area contributed by atoms with E-state index < -0.39 is 17.7 Å². The second kappa shape index (κ2) is 7.51. The molecule has 1 amide bonds. The normalized spacial score (nSPS) is 17.4. The first-order valence-electron chi connectivity index (χ1n) is 8.23. The number of hydrogen-bond acceptors (Lipinski definition) is 4. The fourth-order valence-electron chi connectivity index (χ4n) is 2.61. The lowest BCUT2D eigenvalue weighted by Gasteiger charge is -2.26. The second-order valence-corrected chi connectivity index (χ2v) is 6.81. The Hall–Kier alpha value is -2.30. The number of nitrogens with zero attached hydrogens (tertiary/aromatic N) is 1. The molecule has 1 aliphatic rings. The highest BCUT2D eigenvalue weighted by atomic mass is 16.6. The fraction of sp³-hybridized carbons (Fsp3) is 0.474. The standard InChI is InChI=1S/C19H25NO4/c1-5-23-17(21)16-12-15(11-14-9-7-6-8-10-14)13-20(16)18(22)24-19(2,3)4/h6-10,12,15H,5,11,13H2,1-4H3/t15-/m1/s1. The maximum atomic E-state index is 12.4. The summed E-state index contributed by atoms with van der Waals surface area (Å²) in [5, 5.41) is 0. The van der Waals surface area contributed by atoms with Crippen LogP contribution in [-0.2, 0) is 20.7 Å². The molecule has 5 nitrogen and oxygen atoms in total. The molecule has 24 heavy (non-hydrogen) atoms. The van der Waals surface area contributed by atoms with Crippen LogP contribution in [0.4, 0.5) is 4.79 Å². The van der Waals surface area contributed by atoms with Gasteiger partial charge in [0.1, 0.15) is 11.3 Å². The predicted molar refractivity (Wildman–Crippen MR) is 91.3 cm³/mol. The maximum Gasteiger partial charge on any atom is 0.415 e. The van der Waals surface area contributed by atoms with Crippen LogP contribution in [0.2, 0.25) is 0 Å². The highest BCUT2D eigenvalue weighted by molar-refractivity contribution is 5.93. The molecule has 1 atom stereocenters. The summed E-state index contributed by atoms with van der Waals surface area (Å²) in [7, 11) is 0. The van der Waals surface area contributed by atoms with Crippen LogP contribution in [-0.4, -0.2) is 35.7 Å². The van der Waals surface area contributed by atoms with E-state index in [1.807, 2.05) is 36.4 Å². The van der Waals surface area contributed by atoms with Crippen molar-refractivity contribution in [3.8, 4) is 0 Å². The molecule has 0 bridgehead atoms. The van der Waals surface area contributed by atoms with E-state index in [-0.39, 0.29) is 18.2 Å². The van der Waals surface area contributed by atoms with Gasteiger partial charge in [0.15, 0.2) is 0 Å². The van der Waals surface area contributed by atoms with E-state index in [0.717, 1.165) is 12.0 Å². The molecule has 2 rings (SSSR count). The zero-order valence-corrected chi connectivity index (χ0v) is 14.7. The molecular weight excluding hydrogens is 306 g/mol. The van der Waals surface area contributed by atoms with Gasteiger partial charge in [0.25, 0.3) is 0 Å². The topological polar surface area (TPSA) is 55.8 Å². The zero-order chi connectivity index (χ0) is 17.7. The SMILES string of the molecule is CCOC(=O)C1=C[C@@H](Cc2ccccc2)CN1C(=O)OC(C)(C)C. The van der Waals surface area contributed by atoms with Crippen LogP contribution >= 0.6 is 0 Å². The van der Waals surface area contributed by atoms with Crippen molar-refractivity contribution in [3.05, 3.63) is 47.7 Å². The number of hydrogen-bond donors (Lipinski definition) is 0. The van der Waals surface area contributed by atoms with Gasteiger partial charge in [-0.05, 0) is 45.8 Å². The van der Waals surface area contributed by atoms with Crippen molar-refractivity contribution in [2.75, 3.05) is 13.2 Å². The summed E-state index contributed by atoms with van der Waals surface area (Å²) in [6, 6.07) is 9.99. The molecule has 0 aliphatic carbocycles. The number of carbonyl (C=O) groups excluding carboxylic acids is 2. The van der Waals surface area contributed by atoms with Gasteiger partial charge in [-0.15, -0.1) is 0 Å². The van der Waals surface area contributed by atoms with Crippen LogP contribution < -0.4 is 0 Å². The van der Waals surface area contributed by atoms with Crippen molar-refractivity contribution in [1.29, 1.82) is 0 Å². The van der Waals surface area contributed by atoms with Gasteiger partial charge in [-0.25, -0.2) is 9.59 Å². The fourth-order valence-corrected chi connectivity index (χ4v) is 2.61. The Kier molecular flexibility index (Phi) is 5.65. The van der Waals surface area contributed by atoms with Gasteiger partial charge in [-0.1, -0.05) is 30.3 Å². The molecule has 0 N–H and O–H groups in total. The maximum absolute atomic E-state index is 12.4. The summed E-state index contributed by atoms with van der Waals surface area (Å²) in [5.74, 6) is -0.432. The van der Waals surface area contributed by atoms with E-state index in [1.54, 1.807) is 27.7 Å². The molecule has 5 heteroatoms. The first-order chi connectivity index (χ1) is 11.3. The minimum atomic E-state index is -0.617. The molecule has 0 saturated heterocycles. The number of ether oxygens (including phenoxy) is 2. The third-order valence-electron chi connectivity index (χ3n) is 3.54. The van der Waals surface area contributed by atoms with Gasteiger partial charge in [-0.2, -0.15) is 0 Å². The number of amides is 1. The van der Waals surface area contributed by atoms with Gasteiger partial charge in [-0.3, -0.25) is 4.90 Å². The van der Waals surface area contributed by atoms with Gasteiger partial charge in [0.2, 0.25) is 0 Å². The molecule has 1 aromatic rings. The quantitative estimate of drug-likeness (QED) is 0.792. The van der Waals surface area contributed by atoms with Crippen molar-refractivity contribution >= 4 is 12.1 Å². The summed E-state index contributed by atoms with van der Waals surface area (Å²) in [5.41, 5.74) is 0.814. The van der Waals surface area contributed by atoms with Crippen molar-refractivity contribution in [3.63, 3.8) is 0 Å². The molecule has 1 aromatic carbocycles. The van der Waals surface area contributed by atoms with Crippen LogP contribution in [0.5, 0.6) is 0 Å². The molecule has 0 fully saturated rings. The number of esters is 1. The summed E-state index contributed by atoms with van der Waals surface area (Å²) >= 11 is 0. The van der Waals surface area contributed by atoms with Crippen LogP contribution in [0.25, 0.3) is 0 Å². The monoisotopic (exact) mass is 331 g/mol. The Labute approximate surface area is 143 Å². The Morgan fingerprint density at radius 2 is 1.88 bits per heavy atom. The van der Waals surface area contributed by atoms with Crippen molar-refractivity contribution in [2.24, 2.45) is 5.92 Å². The lowest BCUT2D eigenvalue weighted by atomic mass is 10.0. The number of benzene rings is 1. The van der Waals surface area contributed by atoms with E-state index in [4.69, 9.17) is 9.47 Å². The van der Waals surface area contributed by atoms with E-state index in [1.165, 1.54) is 4.90 Å². The van der Waals surface area contributed by atoms with Crippen molar-refractivity contribution in [2.45, 2.75) is 39.7 Å². The van der Waals surface area contributed by atoms with E-state index in [0.29, 0.717) is 6.54 Å². The molecule has 130 valence electrons. The highest BCUT2D eigenvalue weighted by Gasteiger charge is 2.35. The van der Waals surface area contributed by atoms with Crippen LogP contribution in [0.3, 0.4) is 0 Å². The smallest absolute Gasteiger partial charge is 0.415 e. The Morgan fingerprint density at radius 3 is 2.46 bits per heavy atom. The van der Waals surface area contributed by atoms with Crippen molar-refractivity contribution in [1.82, 2.24) is 4.90 Å². The van der Waals surface area contributed by atoms with E-state index in [2.05, 4.69) is 0 Å². The average molecular weight is 331 g/mol. The third kappa shape index (κ3) is 4.85. The molecule has 0 aromatic heterocycles. The van der Waals surface area contributed by atoms with Crippen LogP contribution in [0, 0.1) is 5.92 Å². The number of rotatable bonds is 4. The Balaban J connectivity index is 2.16.